The lowest BCUT2D eigenvalue weighted by Gasteiger charge is -2.30. The molecule has 1 aromatic carbocycles. The van der Waals surface area contributed by atoms with Gasteiger partial charge in [-0.15, -0.1) is 11.3 Å². The Morgan fingerprint density at radius 1 is 1.26 bits per heavy atom. The minimum absolute atomic E-state index is 0.233. The van der Waals surface area contributed by atoms with Crippen LogP contribution in [0.4, 0.5) is 0 Å². The highest BCUT2D eigenvalue weighted by atomic mass is 32.1. The first-order chi connectivity index (χ1) is 16.1. The number of ketones is 1. The summed E-state index contributed by atoms with van der Waals surface area (Å²) >= 11 is 1.74. The number of thiophene rings is 1. The Bertz CT molecular complexity index is 973. The van der Waals surface area contributed by atoms with Crippen molar-refractivity contribution in [3.8, 4) is 5.75 Å². The minimum Gasteiger partial charge on any atom is -0.490 e. The van der Waals surface area contributed by atoms with E-state index >= 15 is 0 Å². The molecule has 1 aromatic heterocycles. The maximum absolute atomic E-state index is 13.2. The predicted molar refractivity (Wildman–Crippen MR) is 141 cm³/mol. The molecule has 2 aromatic rings. The van der Waals surface area contributed by atoms with Gasteiger partial charge in [-0.1, -0.05) is 32.9 Å². The van der Waals surface area contributed by atoms with E-state index in [1.807, 2.05) is 13.8 Å². The van der Waals surface area contributed by atoms with Crippen molar-refractivity contribution in [3.05, 3.63) is 49.7 Å². The average Bonchev–Trinajstić information content (AvgIpc) is 3.13. The number of aliphatic hydroxyl groups is 1. The number of carbonyl (C=O) groups excluding carboxylic acids is 1. The molecule has 188 valence electrons. The molecular formula is C28H42N2O3S. The number of hydrogen-bond donors (Lipinski definition) is 3. The van der Waals surface area contributed by atoms with Crippen LogP contribution in [0.3, 0.4) is 0 Å². The van der Waals surface area contributed by atoms with E-state index in [2.05, 4.69) is 38.2 Å². The monoisotopic (exact) mass is 486 g/mol. The third-order valence-corrected chi connectivity index (χ3v) is 8.22. The minimum atomic E-state index is -0.585. The number of aryl methyl sites for hydroxylation is 4. The lowest BCUT2D eigenvalue weighted by Crippen LogP contribution is -2.34. The second-order valence-corrected chi connectivity index (χ2v) is 11.6. The molecule has 34 heavy (non-hydrogen) atoms. The molecular weight excluding hydrogens is 444 g/mol. The first-order valence-corrected chi connectivity index (χ1v) is 13.4. The number of fused-ring (bicyclic) bond motifs is 1. The fraction of sp³-hybridized carbons (Fsp3) is 0.607. The Labute approximate surface area is 209 Å². The van der Waals surface area contributed by atoms with E-state index in [1.165, 1.54) is 16.0 Å². The summed E-state index contributed by atoms with van der Waals surface area (Å²) in [6.07, 6.45) is 4.95. The highest BCUT2D eigenvalue weighted by Crippen LogP contribution is 2.42. The topological polar surface area (TPSA) is 84.6 Å². The number of aliphatic hydroxyl groups excluding tert-OH is 1. The van der Waals surface area contributed by atoms with Crippen LogP contribution in [0, 0.1) is 19.3 Å². The van der Waals surface area contributed by atoms with Crippen LogP contribution < -0.4 is 15.8 Å². The fourth-order valence-electron chi connectivity index (χ4n) is 4.96. The normalized spacial score (nSPS) is 15.7. The van der Waals surface area contributed by atoms with Gasteiger partial charge in [0, 0.05) is 30.9 Å². The van der Waals surface area contributed by atoms with Crippen LogP contribution in [0.25, 0.3) is 0 Å². The summed E-state index contributed by atoms with van der Waals surface area (Å²) in [6, 6.07) is 4.22. The maximum Gasteiger partial charge on any atom is 0.173 e. The molecule has 0 saturated heterocycles. The van der Waals surface area contributed by atoms with E-state index in [1.54, 1.807) is 11.3 Å². The van der Waals surface area contributed by atoms with Crippen molar-refractivity contribution >= 4 is 17.1 Å². The molecule has 6 heteroatoms. The summed E-state index contributed by atoms with van der Waals surface area (Å²) in [4.78, 5) is 15.7. The zero-order chi connectivity index (χ0) is 24.9. The van der Waals surface area contributed by atoms with Gasteiger partial charge in [0.25, 0.3) is 0 Å². The zero-order valence-corrected chi connectivity index (χ0v) is 22.4. The van der Waals surface area contributed by atoms with Crippen LogP contribution >= 0.6 is 11.3 Å². The van der Waals surface area contributed by atoms with Gasteiger partial charge in [0.15, 0.2) is 5.78 Å². The van der Waals surface area contributed by atoms with Crippen molar-refractivity contribution in [3.63, 3.8) is 0 Å². The SMILES string of the molecule is CCc1sc(C(=O)CCc2cc(C)c(OCC(O)CNCCN)c(C)c2)c2c1CC(C)(C)CC2. The third kappa shape index (κ3) is 6.69. The number of Topliss-reactive ketones (excluding diaryl/α,β-unsaturated/α-hetero) is 1. The molecule has 0 saturated carbocycles. The smallest absolute Gasteiger partial charge is 0.173 e. The summed E-state index contributed by atoms with van der Waals surface area (Å²) in [7, 11) is 0. The molecule has 1 aliphatic carbocycles. The molecule has 0 spiro atoms. The van der Waals surface area contributed by atoms with Crippen LogP contribution in [0.15, 0.2) is 12.1 Å². The van der Waals surface area contributed by atoms with Crippen molar-refractivity contribution in [2.24, 2.45) is 11.1 Å². The van der Waals surface area contributed by atoms with Gasteiger partial charge in [-0.3, -0.25) is 4.79 Å². The summed E-state index contributed by atoms with van der Waals surface area (Å²) in [5, 5.41) is 13.2. The van der Waals surface area contributed by atoms with Crippen molar-refractivity contribution in [1.29, 1.82) is 0 Å². The van der Waals surface area contributed by atoms with Crippen molar-refractivity contribution in [1.82, 2.24) is 5.32 Å². The molecule has 5 nitrogen and oxygen atoms in total. The summed E-state index contributed by atoms with van der Waals surface area (Å²) in [5.41, 5.74) is 11.8. The van der Waals surface area contributed by atoms with Crippen molar-refractivity contribution in [2.75, 3.05) is 26.2 Å². The van der Waals surface area contributed by atoms with E-state index in [4.69, 9.17) is 10.5 Å². The Morgan fingerprint density at radius 3 is 2.62 bits per heavy atom. The standard InChI is InChI=1S/C28H42N2O3S/c1-6-25-23-15-28(4,5)10-9-22(23)27(34-25)24(32)8-7-20-13-18(2)26(19(3)14-20)33-17-21(31)16-30-12-11-29/h13-14,21,30-31H,6-12,15-17,29H2,1-5H3. The van der Waals surface area contributed by atoms with Crippen LogP contribution in [0.5, 0.6) is 5.75 Å². The highest BCUT2D eigenvalue weighted by molar-refractivity contribution is 7.14. The lowest BCUT2D eigenvalue weighted by molar-refractivity contribution is 0.0985. The Balaban J connectivity index is 1.63. The maximum atomic E-state index is 13.2. The first-order valence-electron chi connectivity index (χ1n) is 12.6. The molecule has 0 fully saturated rings. The highest BCUT2D eigenvalue weighted by Gasteiger charge is 2.31. The van der Waals surface area contributed by atoms with Gasteiger partial charge in [0.05, 0.1) is 4.88 Å². The average molecular weight is 487 g/mol. The van der Waals surface area contributed by atoms with Gasteiger partial charge in [-0.25, -0.2) is 0 Å². The van der Waals surface area contributed by atoms with Crippen LogP contribution in [0.1, 0.15) is 76.0 Å². The number of nitrogens with two attached hydrogens (primary N) is 1. The Hall–Kier alpha value is -1.73. The summed E-state index contributed by atoms with van der Waals surface area (Å²) in [6.45, 7) is 12.8. The van der Waals surface area contributed by atoms with Gasteiger partial charge >= 0.3 is 0 Å². The Kier molecular flexibility index (Phi) is 9.33. The van der Waals surface area contributed by atoms with E-state index in [-0.39, 0.29) is 12.4 Å². The van der Waals surface area contributed by atoms with E-state index in [0.29, 0.717) is 31.5 Å². The van der Waals surface area contributed by atoms with Crippen LogP contribution in [-0.4, -0.2) is 43.2 Å². The molecule has 3 rings (SSSR count). The number of carbonyl (C=O) groups is 1. The molecule has 4 N–H and O–H groups in total. The number of benzene rings is 1. The molecule has 1 atom stereocenters. The van der Waals surface area contributed by atoms with Gasteiger partial charge in [-0.2, -0.15) is 0 Å². The second-order valence-electron chi connectivity index (χ2n) is 10.4. The fourth-order valence-corrected chi connectivity index (χ4v) is 6.23. The van der Waals surface area contributed by atoms with E-state index in [0.717, 1.165) is 59.4 Å². The number of nitrogens with one attached hydrogen (secondary N) is 1. The second kappa shape index (κ2) is 11.8. The first kappa shape index (κ1) is 26.9. The van der Waals surface area contributed by atoms with E-state index < -0.39 is 6.10 Å². The molecule has 1 unspecified atom stereocenters. The number of rotatable bonds is 12. The number of hydrogen-bond acceptors (Lipinski definition) is 6. The molecule has 1 aliphatic rings. The van der Waals surface area contributed by atoms with Crippen LogP contribution in [0.2, 0.25) is 0 Å². The zero-order valence-electron chi connectivity index (χ0n) is 21.6. The van der Waals surface area contributed by atoms with Gasteiger partial charge in [-0.05, 0) is 79.2 Å². The molecule has 0 amide bonds. The van der Waals surface area contributed by atoms with E-state index in [9.17, 15) is 9.90 Å². The lowest BCUT2D eigenvalue weighted by atomic mass is 9.74. The summed E-state index contributed by atoms with van der Waals surface area (Å²) < 4.78 is 5.92. The molecule has 0 aliphatic heterocycles. The molecule has 0 bridgehead atoms. The van der Waals surface area contributed by atoms with Crippen molar-refractivity contribution < 1.29 is 14.6 Å². The summed E-state index contributed by atoms with van der Waals surface area (Å²) in [5.74, 6) is 1.10. The third-order valence-electron chi connectivity index (χ3n) is 6.76. The van der Waals surface area contributed by atoms with Crippen LogP contribution in [-0.2, 0) is 25.7 Å². The number of ether oxygens (including phenoxy) is 1. The molecule has 0 radical (unpaired) electrons. The quantitative estimate of drug-likeness (QED) is 0.303. The van der Waals surface area contributed by atoms with Crippen molar-refractivity contribution in [2.45, 2.75) is 79.2 Å². The Morgan fingerprint density at radius 2 is 1.97 bits per heavy atom. The van der Waals surface area contributed by atoms with Gasteiger partial charge in [0.2, 0.25) is 0 Å². The van der Waals surface area contributed by atoms with Gasteiger partial charge < -0.3 is 20.9 Å². The molecule has 1 heterocycles. The van der Waals surface area contributed by atoms with Gasteiger partial charge in [0.1, 0.15) is 18.5 Å². The predicted octanol–water partition coefficient (Wildman–Crippen LogP) is 4.55. The largest absolute Gasteiger partial charge is 0.490 e.